The van der Waals surface area contributed by atoms with Crippen molar-refractivity contribution < 1.29 is 9.53 Å². The standard InChI is InChI=1S/C23H30N2O2/c1-6-17(4)25-22(26)18-11-7-9-13-20(18)24-23(25,5)19-12-8-10-14-21(19)27-15-16(2)3/h7-14,16-17,24H,6,15H2,1-5H3. The van der Waals surface area contributed by atoms with Crippen LogP contribution in [0.15, 0.2) is 48.5 Å². The van der Waals surface area contributed by atoms with Gasteiger partial charge in [-0.15, -0.1) is 0 Å². The van der Waals surface area contributed by atoms with E-state index >= 15 is 0 Å². The molecule has 0 fully saturated rings. The molecule has 2 aromatic carbocycles. The van der Waals surface area contributed by atoms with E-state index in [1.165, 1.54) is 0 Å². The van der Waals surface area contributed by atoms with Gasteiger partial charge in [-0.25, -0.2) is 0 Å². The second-order valence-electron chi connectivity index (χ2n) is 7.88. The Hall–Kier alpha value is -2.49. The predicted octanol–water partition coefficient (Wildman–Crippen LogP) is 5.26. The first-order valence-corrected chi connectivity index (χ1v) is 9.81. The number of rotatable bonds is 6. The van der Waals surface area contributed by atoms with E-state index in [1.807, 2.05) is 47.4 Å². The second-order valence-corrected chi connectivity index (χ2v) is 7.88. The number of amides is 1. The van der Waals surface area contributed by atoms with Gasteiger partial charge in [-0.2, -0.15) is 0 Å². The lowest BCUT2D eigenvalue weighted by Crippen LogP contribution is -2.59. The summed E-state index contributed by atoms with van der Waals surface area (Å²) < 4.78 is 6.12. The molecule has 3 rings (SSSR count). The van der Waals surface area contributed by atoms with E-state index in [0.29, 0.717) is 12.5 Å². The molecule has 0 spiro atoms. The third kappa shape index (κ3) is 3.53. The number of ether oxygens (including phenoxy) is 1. The lowest BCUT2D eigenvalue weighted by atomic mass is 9.91. The summed E-state index contributed by atoms with van der Waals surface area (Å²) in [6.45, 7) is 11.2. The smallest absolute Gasteiger partial charge is 0.258 e. The third-order valence-corrected chi connectivity index (χ3v) is 5.25. The zero-order chi connectivity index (χ0) is 19.6. The van der Waals surface area contributed by atoms with E-state index in [1.54, 1.807) is 0 Å². The van der Waals surface area contributed by atoms with Crippen molar-refractivity contribution in [3.63, 3.8) is 0 Å². The van der Waals surface area contributed by atoms with Crippen molar-refractivity contribution in [1.29, 1.82) is 0 Å². The minimum absolute atomic E-state index is 0.0554. The average molecular weight is 367 g/mol. The molecule has 0 bridgehead atoms. The maximum absolute atomic E-state index is 13.4. The van der Waals surface area contributed by atoms with Crippen molar-refractivity contribution in [2.75, 3.05) is 11.9 Å². The van der Waals surface area contributed by atoms with E-state index in [4.69, 9.17) is 4.74 Å². The van der Waals surface area contributed by atoms with E-state index in [0.717, 1.165) is 29.0 Å². The van der Waals surface area contributed by atoms with E-state index < -0.39 is 5.66 Å². The van der Waals surface area contributed by atoms with Crippen LogP contribution in [0.3, 0.4) is 0 Å². The molecule has 1 N–H and O–H groups in total. The van der Waals surface area contributed by atoms with Crippen LogP contribution in [-0.4, -0.2) is 23.5 Å². The van der Waals surface area contributed by atoms with Crippen LogP contribution in [0, 0.1) is 5.92 Å². The van der Waals surface area contributed by atoms with Gasteiger partial charge in [0.25, 0.3) is 5.91 Å². The van der Waals surface area contributed by atoms with Crippen molar-refractivity contribution in [2.45, 2.75) is 52.7 Å². The van der Waals surface area contributed by atoms with Crippen LogP contribution in [0.5, 0.6) is 5.75 Å². The Balaban J connectivity index is 2.13. The monoisotopic (exact) mass is 366 g/mol. The Kier molecular flexibility index (Phi) is 5.45. The topological polar surface area (TPSA) is 41.6 Å². The number of fused-ring (bicyclic) bond motifs is 1. The van der Waals surface area contributed by atoms with Gasteiger partial charge in [-0.1, -0.05) is 51.1 Å². The van der Waals surface area contributed by atoms with E-state index in [-0.39, 0.29) is 11.9 Å². The number of hydrogen-bond acceptors (Lipinski definition) is 3. The van der Waals surface area contributed by atoms with Crippen molar-refractivity contribution in [3.05, 3.63) is 59.7 Å². The largest absolute Gasteiger partial charge is 0.493 e. The molecule has 0 aromatic heterocycles. The molecule has 1 aliphatic heterocycles. The third-order valence-electron chi connectivity index (χ3n) is 5.25. The SMILES string of the molecule is CCC(C)N1C(=O)c2ccccc2NC1(C)c1ccccc1OCC(C)C. The maximum Gasteiger partial charge on any atom is 0.258 e. The molecule has 4 nitrogen and oxygen atoms in total. The summed E-state index contributed by atoms with van der Waals surface area (Å²) >= 11 is 0. The van der Waals surface area contributed by atoms with Gasteiger partial charge in [0.05, 0.1) is 12.2 Å². The number of hydrogen-bond donors (Lipinski definition) is 1. The Labute approximate surface area is 162 Å². The zero-order valence-corrected chi connectivity index (χ0v) is 17.0. The molecule has 1 heterocycles. The van der Waals surface area contributed by atoms with Crippen LogP contribution in [0.1, 0.15) is 57.0 Å². The zero-order valence-electron chi connectivity index (χ0n) is 17.0. The fraction of sp³-hybridized carbons (Fsp3) is 0.435. The average Bonchev–Trinajstić information content (AvgIpc) is 2.66. The molecule has 0 radical (unpaired) electrons. The van der Waals surface area contributed by atoms with Crippen molar-refractivity contribution in [3.8, 4) is 5.75 Å². The Morgan fingerprint density at radius 2 is 1.74 bits per heavy atom. The molecule has 1 amide bonds. The molecule has 144 valence electrons. The fourth-order valence-corrected chi connectivity index (χ4v) is 3.71. The van der Waals surface area contributed by atoms with Crippen LogP contribution in [0.2, 0.25) is 0 Å². The number of carbonyl (C=O) groups excluding carboxylic acids is 1. The Bertz CT molecular complexity index is 818. The molecule has 4 heteroatoms. The maximum atomic E-state index is 13.4. The first-order chi connectivity index (χ1) is 12.9. The summed E-state index contributed by atoms with van der Waals surface area (Å²) in [5.41, 5.74) is 1.88. The molecule has 0 saturated carbocycles. The van der Waals surface area contributed by atoms with E-state index in [2.05, 4.69) is 46.0 Å². The molecule has 2 unspecified atom stereocenters. The summed E-state index contributed by atoms with van der Waals surface area (Å²) in [6, 6.07) is 15.8. The fourth-order valence-electron chi connectivity index (χ4n) is 3.71. The van der Waals surface area contributed by atoms with Crippen LogP contribution in [-0.2, 0) is 5.66 Å². The van der Waals surface area contributed by atoms with Gasteiger partial charge in [-0.05, 0) is 44.4 Å². The number of para-hydroxylation sites is 2. The summed E-state index contributed by atoms with van der Waals surface area (Å²) in [7, 11) is 0. The molecule has 27 heavy (non-hydrogen) atoms. The van der Waals surface area contributed by atoms with Gasteiger partial charge in [0, 0.05) is 17.3 Å². The van der Waals surface area contributed by atoms with Gasteiger partial charge in [0.15, 0.2) is 0 Å². The molecular formula is C23H30N2O2. The highest BCUT2D eigenvalue weighted by molar-refractivity contribution is 6.02. The molecule has 2 aromatic rings. The van der Waals surface area contributed by atoms with Crippen molar-refractivity contribution in [2.24, 2.45) is 5.92 Å². The van der Waals surface area contributed by atoms with Crippen LogP contribution in [0.25, 0.3) is 0 Å². The lowest BCUT2D eigenvalue weighted by molar-refractivity contribution is 0.0391. The number of nitrogens with one attached hydrogen (secondary N) is 1. The quantitative estimate of drug-likeness (QED) is 0.758. The molecule has 0 aliphatic carbocycles. The van der Waals surface area contributed by atoms with Gasteiger partial charge in [-0.3, -0.25) is 4.79 Å². The van der Waals surface area contributed by atoms with Gasteiger partial charge >= 0.3 is 0 Å². The first kappa shape index (κ1) is 19.3. The number of anilines is 1. The van der Waals surface area contributed by atoms with Gasteiger partial charge < -0.3 is 15.0 Å². The highest BCUT2D eigenvalue weighted by Crippen LogP contribution is 2.42. The number of carbonyl (C=O) groups is 1. The minimum Gasteiger partial charge on any atom is -0.493 e. The first-order valence-electron chi connectivity index (χ1n) is 9.81. The summed E-state index contributed by atoms with van der Waals surface area (Å²) in [5, 5.41) is 3.64. The van der Waals surface area contributed by atoms with Crippen molar-refractivity contribution >= 4 is 11.6 Å². The van der Waals surface area contributed by atoms with Crippen LogP contribution in [0.4, 0.5) is 5.69 Å². The highest BCUT2D eigenvalue weighted by Gasteiger charge is 2.45. The van der Waals surface area contributed by atoms with Crippen LogP contribution >= 0.6 is 0 Å². The van der Waals surface area contributed by atoms with Gasteiger partial charge in [0.1, 0.15) is 11.4 Å². The minimum atomic E-state index is -0.686. The number of benzene rings is 2. The highest BCUT2D eigenvalue weighted by atomic mass is 16.5. The summed E-state index contributed by atoms with van der Waals surface area (Å²) in [6.07, 6.45) is 0.875. The van der Waals surface area contributed by atoms with Crippen molar-refractivity contribution in [1.82, 2.24) is 4.90 Å². The Morgan fingerprint density at radius 3 is 2.44 bits per heavy atom. The summed E-state index contributed by atoms with van der Waals surface area (Å²) in [5.74, 6) is 1.31. The normalized spacial score (nSPS) is 20.2. The lowest BCUT2D eigenvalue weighted by Gasteiger charge is -2.49. The van der Waals surface area contributed by atoms with Crippen LogP contribution < -0.4 is 10.1 Å². The predicted molar refractivity (Wildman–Crippen MR) is 110 cm³/mol. The molecule has 2 atom stereocenters. The molecule has 0 saturated heterocycles. The van der Waals surface area contributed by atoms with E-state index in [9.17, 15) is 4.79 Å². The summed E-state index contributed by atoms with van der Waals surface area (Å²) in [4.78, 5) is 15.4. The molecule has 1 aliphatic rings. The Morgan fingerprint density at radius 1 is 1.07 bits per heavy atom. The second kappa shape index (κ2) is 7.63. The number of nitrogens with zero attached hydrogens (tertiary/aromatic N) is 1. The molecular weight excluding hydrogens is 336 g/mol. The van der Waals surface area contributed by atoms with Gasteiger partial charge in [0.2, 0.25) is 0 Å².